The third-order valence-electron chi connectivity index (χ3n) is 3.34. The van der Waals surface area contributed by atoms with Crippen LogP contribution < -0.4 is 14.8 Å². The molecule has 146 valence electrons. The number of rotatable bonds is 6. The van der Waals surface area contributed by atoms with E-state index in [4.69, 9.17) is 16.3 Å². The molecule has 0 saturated heterocycles. The van der Waals surface area contributed by atoms with Gasteiger partial charge in [-0.25, -0.2) is 8.42 Å². The van der Waals surface area contributed by atoms with E-state index in [0.717, 1.165) is 19.2 Å². The van der Waals surface area contributed by atoms with Crippen molar-refractivity contribution in [1.82, 2.24) is 0 Å². The highest BCUT2D eigenvalue weighted by Crippen LogP contribution is 2.45. The van der Waals surface area contributed by atoms with Crippen LogP contribution in [0.15, 0.2) is 47.4 Å². The number of halogens is 4. The highest BCUT2D eigenvalue weighted by Gasteiger charge is 2.39. The van der Waals surface area contributed by atoms with Crippen LogP contribution in [0.1, 0.15) is 5.56 Å². The van der Waals surface area contributed by atoms with Gasteiger partial charge >= 0.3 is 6.18 Å². The molecule has 27 heavy (non-hydrogen) atoms. The minimum Gasteiger partial charge on any atom is -0.494 e. The fourth-order valence-corrected chi connectivity index (χ4v) is 3.41. The summed E-state index contributed by atoms with van der Waals surface area (Å²) in [6.07, 6.45) is -4.97. The second-order valence-corrected chi connectivity index (χ2v) is 7.12. The Balaban J connectivity index is 2.58. The second kappa shape index (κ2) is 8.05. The maximum atomic E-state index is 13.6. The molecule has 0 fully saturated rings. The van der Waals surface area contributed by atoms with E-state index in [2.05, 4.69) is 5.32 Å². The van der Waals surface area contributed by atoms with E-state index in [9.17, 15) is 26.4 Å². The number of anilines is 2. The Morgan fingerprint density at radius 2 is 1.70 bits per heavy atom. The number of amides is 1. The van der Waals surface area contributed by atoms with Gasteiger partial charge < -0.3 is 10.1 Å². The number of hydrogen-bond donors (Lipinski definition) is 2. The number of hydrogen-bond acceptors (Lipinski definition) is 4. The molecule has 0 aliphatic carbocycles. The number of nitrogens with one attached hydrogen (secondary N) is 2. The van der Waals surface area contributed by atoms with Gasteiger partial charge in [-0.05, 0) is 24.3 Å². The highest BCUT2D eigenvalue weighted by molar-refractivity contribution is 7.92. The molecule has 0 atom stereocenters. The predicted molar refractivity (Wildman–Crippen MR) is 94.6 cm³/mol. The number of alkyl halides is 4. The number of methoxy groups -OCH3 is 1. The molecule has 2 rings (SSSR count). The molecule has 0 spiro atoms. The van der Waals surface area contributed by atoms with Crippen LogP contribution in [-0.4, -0.2) is 27.3 Å². The normalized spacial score (nSPS) is 11.7. The fraction of sp³-hybridized carbons (Fsp3) is 0.188. The van der Waals surface area contributed by atoms with Crippen LogP contribution in [0, 0.1) is 0 Å². The van der Waals surface area contributed by atoms with Crippen molar-refractivity contribution >= 4 is 38.9 Å². The highest BCUT2D eigenvalue weighted by atomic mass is 35.5. The monoisotopic (exact) mass is 422 g/mol. The summed E-state index contributed by atoms with van der Waals surface area (Å²) in [4.78, 5) is 11.2. The van der Waals surface area contributed by atoms with Gasteiger partial charge in [-0.15, -0.1) is 11.6 Å². The Bertz CT molecular complexity index is 935. The van der Waals surface area contributed by atoms with Crippen LogP contribution in [0.2, 0.25) is 0 Å². The van der Waals surface area contributed by atoms with Gasteiger partial charge in [0.05, 0.1) is 23.4 Å². The molecule has 0 heterocycles. The van der Waals surface area contributed by atoms with Crippen LogP contribution in [-0.2, 0) is 21.0 Å². The smallest absolute Gasteiger partial charge is 0.422 e. The molecule has 2 aromatic carbocycles. The van der Waals surface area contributed by atoms with Crippen LogP contribution >= 0.6 is 11.6 Å². The van der Waals surface area contributed by atoms with Gasteiger partial charge in [-0.3, -0.25) is 9.52 Å². The average molecular weight is 423 g/mol. The van der Waals surface area contributed by atoms with Gasteiger partial charge in [-0.2, -0.15) is 13.2 Å². The molecule has 2 aromatic rings. The summed E-state index contributed by atoms with van der Waals surface area (Å²) in [5, 5.41) is 2.17. The topological polar surface area (TPSA) is 84.5 Å². The fourth-order valence-electron chi connectivity index (χ4n) is 2.25. The van der Waals surface area contributed by atoms with E-state index >= 15 is 0 Å². The molecule has 2 N–H and O–H groups in total. The Morgan fingerprint density at radius 3 is 2.22 bits per heavy atom. The predicted octanol–water partition coefficient (Wildman–Crippen LogP) is 3.69. The van der Waals surface area contributed by atoms with Gasteiger partial charge in [-0.1, -0.05) is 18.2 Å². The zero-order valence-electron chi connectivity index (χ0n) is 13.8. The number of sulfonamides is 1. The Hall–Kier alpha value is -2.46. The molecule has 1 amide bonds. The summed E-state index contributed by atoms with van der Waals surface area (Å²) in [6, 6.07) is 8.88. The molecule has 11 heteroatoms. The molecule has 0 aliphatic rings. The quantitative estimate of drug-likeness (QED) is 0.695. The van der Waals surface area contributed by atoms with Crippen molar-refractivity contribution in [1.29, 1.82) is 0 Å². The van der Waals surface area contributed by atoms with Crippen molar-refractivity contribution in [2.75, 3.05) is 23.0 Å². The first-order chi connectivity index (χ1) is 12.6. The van der Waals surface area contributed by atoms with E-state index in [1.165, 1.54) is 24.3 Å². The van der Waals surface area contributed by atoms with Crippen molar-refractivity contribution in [3.05, 3.63) is 48.0 Å². The summed E-state index contributed by atoms with van der Waals surface area (Å²) in [6.45, 7) is 0. The van der Waals surface area contributed by atoms with E-state index in [-0.39, 0.29) is 10.6 Å². The SMILES string of the molecule is COc1c(NC(=O)CCl)ccc(NS(=O)(=O)c2ccccc2)c1C(F)(F)F. The van der Waals surface area contributed by atoms with Gasteiger partial charge in [0.1, 0.15) is 11.4 Å². The van der Waals surface area contributed by atoms with E-state index in [1.54, 1.807) is 6.07 Å². The van der Waals surface area contributed by atoms with E-state index in [0.29, 0.717) is 0 Å². The van der Waals surface area contributed by atoms with E-state index in [1.807, 2.05) is 4.72 Å². The Labute approximate surface area is 158 Å². The minimum absolute atomic E-state index is 0.211. The summed E-state index contributed by atoms with van der Waals surface area (Å²) in [7, 11) is -3.31. The second-order valence-electron chi connectivity index (χ2n) is 5.17. The molecule has 0 radical (unpaired) electrons. The van der Waals surface area contributed by atoms with Crippen molar-refractivity contribution < 1.29 is 31.1 Å². The van der Waals surface area contributed by atoms with Gasteiger partial charge in [0.2, 0.25) is 5.91 Å². The molecule has 0 saturated carbocycles. The van der Waals surface area contributed by atoms with Crippen LogP contribution in [0.3, 0.4) is 0 Å². The van der Waals surface area contributed by atoms with Crippen molar-refractivity contribution in [3.8, 4) is 5.75 Å². The maximum absolute atomic E-state index is 13.6. The summed E-state index contributed by atoms with van der Waals surface area (Å²) >= 11 is 5.35. The molecule has 0 aromatic heterocycles. The van der Waals surface area contributed by atoms with Gasteiger partial charge in [0.25, 0.3) is 10.0 Å². The van der Waals surface area contributed by atoms with Crippen molar-refractivity contribution in [2.24, 2.45) is 0 Å². The number of ether oxygens (including phenoxy) is 1. The zero-order valence-corrected chi connectivity index (χ0v) is 15.4. The van der Waals surface area contributed by atoms with Gasteiger partial charge in [0.15, 0.2) is 5.75 Å². The van der Waals surface area contributed by atoms with Crippen LogP contribution in [0.5, 0.6) is 5.75 Å². The zero-order chi connectivity index (χ0) is 20.2. The molecule has 6 nitrogen and oxygen atoms in total. The molecule has 0 aliphatic heterocycles. The van der Waals surface area contributed by atoms with Crippen molar-refractivity contribution in [3.63, 3.8) is 0 Å². The first kappa shape index (κ1) is 20.8. The lowest BCUT2D eigenvalue weighted by atomic mass is 10.1. The molecular weight excluding hydrogens is 409 g/mol. The largest absolute Gasteiger partial charge is 0.494 e. The van der Waals surface area contributed by atoms with Gasteiger partial charge in [0, 0.05) is 0 Å². The third-order valence-corrected chi connectivity index (χ3v) is 4.96. The number of carbonyl (C=O) groups is 1. The van der Waals surface area contributed by atoms with E-state index < -0.39 is 45.0 Å². The molecular formula is C16H14ClF3N2O4S. The number of benzene rings is 2. The standard InChI is InChI=1S/C16H14ClF3N2O4S/c1-26-15-12(21-13(23)9-17)8-7-11(14(15)16(18,19)20)22-27(24,25)10-5-3-2-4-6-10/h2-8,22H,9H2,1H3,(H,21,23). The summed E-state index contributed by atoms with van der Waals surface area (Å²) in [5.41, 5.74) is -2.41. The van der Waals surface area contributed by atoms with Crippen LogP contribution in [0.25, 0.3) is 0 Å². The average Bonchev–Trinajstić information content (AvgIpc) is 2.61. The maximum Gasteiger partial charge on any atom is 0.422 e. The van der Waals surface area contributed by atoms with Crippen molar-refractivity contribution in [2.45, 2.75) is 11.1 Å². The Morgan fingerprint density at radius 1 is 1.11 bits per heavy atom. The third kappa shape index (κ3) is 4.83. The lowest BCUT2D eigenvalue weighted by Crippen LogP contribution is -2.20. The lowest BCUT2D eigenvalue weighted by Gasteiger charge is -2.20. The first-order valence-electron chi connectivity index (χ1n) is 7.32. The minimum atomic E-state index is -4.97. The Kier molecular flexibility index (Phi) is 6.22. The lowest BCUT2D eigenvalue weighted by molar-refractivity contribution is -0.138. The molecule has 0 bridgehead atoms. The first-order valence-corrected chi connectivity index (χ1v) is 9.33. The molecule has 0 unspecified atom stereocenters. The van der Waals surface area contributed by atoms with Crippen LogP contribution in [0.4, 0.5) is 24.5 Å². The summed E-state index contributed by atoms with van der Waals surface area (Å²) < 4.78 is 72.3. The summed E-state index contributed by atoms with van der Waals surface area (Å²) in [5.74, 6) is -1.97. The number of carbonyl (C=O) groups excluding carboxylic acids is 1.